The summed E-state index contributed by atoms with van der Waals surface area (Å²) in [6, 6.07) is 4.53. The summed E-state index contributed by atoms with van der Waals surface area (Å²) in [5.41, 5.74) is 0.226. The van der Waals surface area contributed by atoms with Gasteiger partial charge >= 0.3 is 0 Å². The van der Waals surface area contributed by atoms with Gasteiger partial charge in [0.1, 0.15) is 11.4 Å². The summed E-state index contributed by atoms with van der Waals surface area (Å²) < 4.78 is 18.9. The number of ether oxygens (including phenoxy) is 1. The molecule has 1 heterocycles. The van der Waals surface area contributed by atoms with Gasteiger partial charge < -0.3 is 9.64 Å². The molecule has 1 amide bonds. The van der Waals surface area contributed by atoms with E-state index in [4.69, 9.17) is 4.74 Å². The normalized spacial score (nSPS) is 19.5. The molecule has 3 nitrogen and oxygen atoms in total. The van der Waals surface area contributed by atoms with Crippen LogP contribution in [0.5, 0.6) is 5.75 Å². The smallest absolute Gasteiger partial charge is 0.227 e. The molecule has 1 fully saturated rings. The fraction of sp³-hybridized carbons (Fsp3) is 0.308. The van der Waals surface area contributed by atoms with Crippen LogP contribution in [0.3, 0.4) is 0 Å². The Bertz CT molecular complexity index is 459. The number of carbonyl (C=O) groups is 1. The quantitative estimate of drug-likeness (QED) is 0.753. The number of carbonyl (C=O) groups excluding carboxylic acids is 1. The van der Waals surface area contributed by atoms with E-state index in [1.165, 1.54) is 18.1 Å². The van der Waals surface area contributed by atoms with Crippen LogP contribution in [0.1, 0.15) is 6.42 Å². The second-order valence-electron chi connectivity index (χ2n) is 3.99. The molecule has 1 aliphatic heterocycles. The van der Waals surface area contributed by atoms with Gasteiger partial charge in [-0.1, -0.05) is 12.1 Å². The molecule has 1 aliphatic rings. The Balaban J connectivity index is 2.40. The first-order chi connectivity index (χ1) is 8.17. The fourth-order valence-electron chi connectivity index (χ4n) is 2.03. The summed E-state index contributed by atoms with van der Waals surface area (Å²) in [6.07, 6.45) is 2.10. The number of nitrogens with zero attached hydrogens (tertiary/aromatic N) is 1. The standard InChI is InChI=1S/C13H14FNO2/c1-3-9-7-12(16)15(8-9)13-10(14)5-4-6-11(13)17-2/h3-6,9H,1,7-8H2,2H3. The second kappa shape index (κ2) is 4.57. The molecule has 1 unspecified atom stereocenters. The Morgan fingerprint density at radius 3 is 2.94 bits per heavy atom. The molecule has 0 radical (unpaired) electrons. The second-order valence-corrected chi connectivity index (χ2v) is 3.99. The molecule has 1 aromatic rings. The lowest BCUT2D eigenvalue weighted by Crippen LogP contribution is -2.26. The average molecular weight is 235 g/mol. The van der Waals surface area contributed by atoms with Gasteiger partial charge in [0.15, 0.2) is 5.82 Å². The van der Waals surface area contributed by atoms with Gasteiger partial charge in [0.2, 0.25) is 5.91 Å². The summed E-state index contributed by atoms with van der Waals surface area (Å²) in [5.74, 6) is -0.0874. The topological polar surface area (TPSA) is 29.5 Å². The molecular formula is C13H14FNO2. The number of methoxy groups -OCH3 is 1. The molecule has 0 bridgehead atoms. The van der Waals surface area contributed by atoms with Crippen LogP contribution in [0, 0.1) is 11.7 Å². The monoisotopic (exact) mass is 235 g/mol. The van der Waals surface area contributed by atoms with Crippen LogP contribution in [0.25, 0.3) is 0 Å². The third-order valence-electron chi connectivity index (χ3n) is 2.93. The lowest BCUT2D eigenvalue weighted by molar-refractivity contribution is -0.117. The van der Waals surface area contributed by atoms with E-state index in [1.807, 2.05) is 0 Å². The van der Waals surface area contributed by atoms with E-state index >= 15 is 0 Å². The van der Waals surface area contributed by atoms with Crippen molar-refractivity contribution in [1.29, 1.82) is 0 Å². The van der Waals surface area contributed by atoms with E-state index in [1.54, 1.807) is 18.2 Å². The molecule has 1 saturated heterocycles. The summed E-state index contributed by atoms with van der Waals surface area (Å²) in [5, 5.41) is 0. The molecule has 1 atom stereocenters. The van der Waals surface area contributed by atoms with Crippen molar-refractivity contribution in [3.05, 3.63) is 36.7 Å². The molecule has 1 aromatic carbocycles. The maximum Gasteiger partial charge on any atom is 0.227 e. The van der Waals surface area contributed by atoms with Crippen LogP contribution in [0.4, 0.5) is 10.1 Å². The maximum absolute atomic E-state index is 13.8. The van der Waals surface area contributed by atoms with Crippen molar-refractivity contribution in [2.45, 2.75) is 6.42 Å². The largest absolute Gasteiger partial charge is 0.494 e. The molecule has 17 heavy (non-hydrogen) atoms. The summed E-state index contributed by atoms with van der Waals surface area (Å²) in [6.45, 7) is 4.12. The Hall–Kier alpha value is -1.84. The molecular weight excluding hydrogens is 221 g/mol. The maximum atomic E-state index is 13.8. The third-order valence-corrected chi connectivity index (χ3v) is 2.93. The van der Waals surface area contributed by atoms with E-state index < -0.39 is 5.82 Å². The van der Waals surface area contributed by atoms with Gasteiger partial charge in [0.05, 0.1) is 7.11 Å². The van der Waals surface area contributed by atoms with Crippen molar-refractivity contribution >= 4 is 11.6 Å². The van der Waals surface area contributed by atoms with Crippen molar-refractivity contribution in [3.8, 4) is 5.75 Å². The zero-order chi connectivity index (χ0) is 12.4. The van der Waals surface area contributed by atoms with Gasteiger partial charge in [-0.3, -0.25) is 4.79 Å². The molecule has 90 valence electrons. The van der Waals surface area contributed by atoms with E-state index in [-0.39, 0.29) is 17.5 Å². The number of amides is 1. The molecule has 4 heteroatoms. The van der Waals surface area contributed by atoms with Crippen LogP contribution in [-0.2, 0) is 4.79 Å². The van der Waals surface area contributed by atoms with E-state index in [2.05, 4.69) is 6.58 Å². The van der Waals surface area contributed by atoms with Crippen molar-refractivity contribution in [3.63, 3.8) is 0 Å². The first kappa shape index (κ1) is 11.6. The zero-order valence-corrected chi connectivity index (χ0v) is 9.65. The highest BCUT2D eigenvalue weighted by Crippen LogP contribution is 2.35. The summed E-state index contributed by atoms with van der Waals surface area (Å²) in [7, 11) is 1.46. The number of hydrogen-bond donors (Lipinski definition) is 0. The van der Waals surface area contributed by atoms with Crippen molar-refractivity contribution < 1.29 is 13.9 Å². The predicted molar refractivity (Wildman–Crippen MR) is 63.6 cm³/mol. The predicted octanol–water partition coefficient (Wildman–Crippen LogP) is 2.37. The number of anilines is 1. The van der Waals surface area contributed by atoms with Crippen molar-refractivity contribution in [1.82, 2.24) is 0 Å². The minimum atomic E-state index is -0.442. The fourth-order valence-corrected chi connectivity index (χ4v) is 2.03. The number of halogens is 1. The molecule has 2 rings (SSSR count). The first-order valence-corrected chi connectivity index (χ1v) is 5.42. The minimum Gasteiger partial charge on any atom is -0.494 e. The Kier molecular flexibility index (Phi) is 3.13. The molecule has 0 spiro atoms. The Morgan fingerprint density at radius 2 is 2.35 bits per heavy atom. The van der Waals surface area contributed by atoms with Crippen molar-refractivity contribution in [2.24, 2.45) is 5.92 Å². The molecule has 0 saturated carbocycles. The lowest BCUT2D eigenvalue weighted by Gasteiger charge is -2.19. The lowest BCUT2D eigenvalue weighted by atomic mass is 10.1. The van der Waals surface area contributed by atoms with Gasteiger partial charge in [-0.25, -0.2) is 4.39 Å². The minimum absolute atomic E-state index is 0.0758. The zero-order valence-electron chi connectivity index (χ0n) is 9.65. The highest BCUT2D eigenvalue weighted by Gasteiger charge is 2.32. The van der Waals surface area contributed by atoms with Crippen LogP contribution in [-0.4, -0.2) is 19.6 Å². The Morgan fingerprint density at radius 1 is 1.59 bits per heavy atom. The van der Waals surface area contributed by atoms with E-state index in [0.717, 1.165) is 0 Å². The van der Waals surface area contributed by atoms with Gasteiger partial charge in [-0.15, -0.1) is 6.58 Å². The number of benzene rings is 1. The van der Waals surface area contributed by atoms with Gasteiger partial charge in [0, 0.05) is 18.9 Å². The first-order valence-electron chi connectivity index (χ1n) is 5.42. The highest BCUT2D eigenvalue weighted by molar-refractivity contribution is 5.97. The molecule has 0 aliphatic carbocycles. The van der Waals surface area contributed by atoms with Crippen LogP contribution < -0.4 is 9.64 Å². The van der Waals surface area contributed by atoms with Gasteiger partial charge in [0.25, 0.3) is 0 Å². The average Bonchev–Trinajstić information content (AvgIpc) is 2.70. The summed E-state index contributed by atoms with van der Waals surface area (Å²) in [4.78, 5) is 13.3. The number of para-hydroxylation sites is 1. The van der Waals surface area contributed by atoms with E-state index in [9.17, 15) is 9.18 Å². The van der Waals surface area contributed by atoms with Crippen LogP contribution in [0.2, 0.25) is 0 Å². The molecule has 0 N–H and O–H groups in total. The molecule has 0 aromatic heterocycles. The third kappa shape index (κ3) is 2.02. The van der Waals surface area contributed by atoms with Crippen LogP contribution in [0.15, 0.2) is 30.9 Å². The van der Waals surface area contributed by atoms with Crippen LogP contribution >= 0.6 is 0 Å². The highest BCUT2D eigenvalue weighted by atomic mass is 19.1. The van der Waals surface area contributed by atoms with Gasteiger partial charge in [-0.05, 0) is 12.1 Å². The number of rotatable bonds is 3. The number of hydrogen-bond acceptors (Lipinski definition) is 2. The summed E-state index contributed by atoms with van der Waals surface area (Å²) >= 11 is 0. The van der Waals surface area contributed by atoms with Gasteiger partial charge in [-0.2, -0.15) is 0 Å². The van der Waals surface area contributed by atoms with Crippen molar-refractivity contribution in [2.75, 3.05) is 18.6 Å². The SMILES string of the molecule is C=CC1CC(=O)N(c2c(F)cccc2OC)C1. The van der Waals surface area contributed by atoms with E-state index in [0.29, 0.717) is 18.7 Å². The Labute approximate surface area is 99.5 Å².